The molecule has 1 fully saturated rings. The molecule has 1 unspecified atom stereocenters. The highest BCUT2D eigenvalue weighted by Crippen LogP contribution is 2.45. The van der Waals surface area contributed by atoms with E-state index in [1.54, 1.807) is 15.7 Å². The summed E-state index contributed by atoms with van der Waals surface area (Å²) in [5.41, 5.74) is 1.69. The number of aryl methyl sites for hydroxylation is 1. The molecule has 1 heterocycles. The van der Waals surface area contributed by atoms with Crippen LogP contribution in [0.1, 0.15) is 43.7 Å². The second-order valence-corrected chi connectivity index (χ2v) is 9.24. The van der Waals surface area contributed by atoms with Gasteiger partial charge in [0.05, 0.1) is 17.4 Å². The number of hydrogen-bond donors (Lipinski definition) is 2. The van der Waals surface area contributed by atoms with Crippen LogP contribution >= 0.6 is 28.1 Å². The lowest BCUT2D eigenvalue weighted by molar-refractivity contribution is -0.129. The highest BCUT2D eigenvalue weighted by Gasteiger charge is 2.47. The maximum atomic E-state index is 9.93. The van der Waals surface area contributed by atoms with Crippen LogP contribution in [-0.4, -0.2) is 43.2 Å². The minimum Gasteiger partial charge on any atom is -0.382 e. The van der Waals surface area contributed by atoms with Crippen LogP contribution in [0.5, 0.6) is 0 Å². The first-order valence-electron chi connectivity index (χ1n) is 9.16. The summed E-state index contributed by atoms with van der Waals surface area (Å²) >= 11 is 9.13. The van der Waals surface area contributed by atoms with E-state index in [0.29, 0.717) is 5.92 Å². The van der Waals surface area contributed by atoms with Gasteiger partial charge in [0, 0.05) is 16.0 Å². The van der Waals surface area contributed by atoms with Crippen molar-refractivity contribution in [2.24, 2.45) is 10.9 Å². The number of nitrogens with zero attached hydrogens (tertiary/aromatic N) is 1. The third kappa shape index (κ3) is 4.08. The first kappa shape index (κ1) is 20.1. The molecule has 0 radical (unpaired) electrons. The molecular weight excluding hydrogens is 410 g/mol. The lowest BCUT2D eigenvalue weighted by atomic mass is 9.73. The van der Waals surface area contributed by atoms with Crippen LogP contribution in [-0.2, 0) is 10.4 Å². The van der Waals surface area contributed by atoms with E-state index in [1.165, 1.54) is 11.1 Å². The zero-order chi connectivity index (χ0) is 19.1. The molecule has 0 saturated heterocycles. The van der Waals surface area contributed by atoms with Crippen LogP contribution in [0.4, 0.5) is 0 Å². The van der Waals surface area contributed by atoms with Gasteiger partial charge in [-0.1, -0.05) is 34.2 Å². The van der Waals surface area contributed by atoms with E-state index in [-0.39, 0.29) is 6.10 Å². The van der Waals surface area contributed by atoms with Gasteiger partial charge >= 0.3 is 0 Å². The fourth-order valence-electron chi connectivity index (χ4n) is 4.16. The van der Waals surface area contributed by atoms with Gasteiger partial charge in [-0.3, -0.25) is 4.99 Å². The van der Waals surface area contributed by atoms with Crippen molar-refractivity contribution in [1.82, 2.24) is 5.32 Å². The van der Waals surface area contributed by atoms with Crippen LogP contribution in [0.15, 0.2) is 27.7 Å². The summed E-state index contributed by atoms with van der Waals surface area (Å²) in [5, 5.41) is 13.5. The number of hydrogen-bond acceptors (Lipinski definition) is 4. The zero-order valence-electron chi connectivity index (χ0n) is 15.8. The van der Waals surface area contributed by atoms with Crippen LogP contribution in [0.25, 0.3) is 0 Å². The van der Waals surface area contributed by atoms with Crippen molar-refractivity contribution in [1.29, 1.82) is 0 Å². The van der Waals surface area contributed by atoms with Gasteiger partial charge in [-0.2, -0.15) is 0 Å². The molecule has 4 nitrogen and oxygen atoms in total. The largest absolute Gasteiger partial charge is 0.382 e. The van der Waals surface area contributed by atoms with Gasteiger partial charge in [-0.05, 0) is 57.2 Å². The molecule has 0 aromatic heterocycles. The number of benzene rings is 1. The van der Waals surface area contributed by atoms with Gasteiger partial charge in [0.25, 0.3) is 0 Å². The fourth-order valence-corrected chi connectivity index (χ4v) is 4.72. The van der Waals surface area contributed by atoms with Crippen molar-refractivity contribution in [2.45, 2.75) is 56.9 Å². The molecule has 0 spiro atoms. The van der Waals surface area contributed by atoms with Gasteiger partial charge in [0.2, 0.25) is 0 Å². The molecule has 1 aromatic rings. The van der Waals surface area contributed by atoms with Crippen molar-refractivity contribution in [3.8, 4) is 0 Å². The predicted molar refractivity (Wildman–Crippen MR) is 118 cm³/mol. The zero-order valence-corrected chi connectivity index (χ0v) is 18.2. The van der Waals surface area contributed by atoms with Crippen LogP contribution in [0.2, 0.25) is 0 Å². The predicted octanol–water partition coefficient (Wildman–Crippen LogP) is 1.75. The summed E-state index contributed by atoms with van der Waals surface area (Å²) in [6, 6.07) is 6.34. The molecule has 8 heteroatoms. The van der Waals surface area contributed by atoms with E-state index in [1.807, 2.05) is 6.92 Å². The Kier molecular flexibility index (Phi) is 5.69. The average molecular weight is 435 g/mol. The van der Waals surface area contributed by atoms with E-state index < -0.39 is 11.2 Å². The fraction of sp³-hybridized carbons (Fsp3) is 0.556. The van der Waals surface area contributed by atoms with E-state index in [2.05, 4.69) is 46.4 Å². The molecule has 1 aromatic carbocycles. The molecule has 3 rings (SSSR count). The number of rotatable bonds is 4. The van der Waals surface area contributed by atoms with E-state index in [0.717, 1.165) is 40.9 Å². The second-order valence-electron chi connectivity index (χ2n) is 7.92. The van der Waals surface area contributed by atoms with Gasteiger partial charge in [-0.15, -0.1) is 0 Å². The second kappa shape index (κ2) is 7.38. The van der Waals surface area contributed by atoms with Crippen molar-refractivity contribution in [2.75, 3.05) is 0 Å². The molecule has 2 aliphatic rings. The van der Waals surface area contributed by atoms with Gasteiger partial charge in [0.1, 0.15) is 4.99 Å². The number of halogens is 1. The topological polar surface area (TPSA) is 53.9 Å². The van der Waals surface area contributed by atoms with Crippen LogP contribution < -0.4 is 5.32 Å². The summed E-state index contributed by atoms with van der Waals surface area (Å²) in [4.78, 5) is 5.79. The average Bonchev–Trinajstić information content (AvgIpc) is 2.85. The highest BCUT2D eigenvalue weighted by molar-refractivity contribution is 9.10. The van der Waals surface area contributed by atoms with Gasteiger partial charge in [0.15, 0.2) is 21.4 Å². The standard InChI is InChI=1S/C18H25B2BrN2O2S/c1-10-3-6-13(21)9-15(10)17(22-11(2)16(26)23-17)12-4-7-14(8-5-12)25-18(19,20)24/h3,6,9,12,14,24H,4-5,7-8,19-20H2,1-2H3,(H,23,26). The highest BCUT2D eigenvalue weighted by atomic mass is 79.9. The normalized spacial score (nSPS) is 29.4. The molecule has 138 valence electrons. The van der Waals surface area contributed by atoms with Crippen molar-refractivity contribution in [3.63, 3.8) is 0 Å². The first-order chi connectivity index (χ1) is 12.1. The molecule has 1 saturated carbocycles. The molecule has 1 atom stereocenters. The number of aliphatic imine (C=N–C) groups is 1. The molecule has 0 amide bonds. The van der Waals surface area contributed by atoms with E-state index >= 15 is 0 Å². The quantitative estimate of drug-likeness (QED) is 0.430. The SMILES string of the molecule is BC(B)(O)OC1CCC(C2(c3cc(Br)ccc3C)N=C(C)C(=S)N2)CC1. The third-order valence-electron chi connectivity index (χ3n) is 5.31. The summed E-state index contributed by atoms with van der Waals surface area (Å²) in [5.74, 6) is 0.326. The smallest absolute Gasteiger partial charge is 0.165 e. The Morgan fingerprint density at radius 1 is 1.31 bits per heavy atom. The Balaban J connectivity index is 1.90. The van der Waals surface area contributed by atoms with Crippen molar-refractivity contribution in [3.05, 3.63) is 33.8 Å². The lowest BCUT2D eigenvalue weighted by Crippen LogP contribution is -2.48. The molecule has 1 aliphatic carbocycles. The summed E-state index contributed by atoms with van der Waals surface area (Å²) in [6.45, 7) is 4.11. The minimum atomic E-state index is -1.09. The molecular formula is C18H25B2BrN2O2S. The number of nitrogens with one attached hydrogen (secondary N) is 1. The minimum absolute atomic E-state index is 0.0883. The maximum Gasteiger partial charge on any atom is 0.165 e. The van der Waals surface area contributed by atoms with Crippen molar-refractivity contribution >= 4 is 54.5 Å². The van der Waals surface area contributed by atoms with Crippen LogP contribution in [0.3, 0.4) is 0 Å². The van der Waals surface area contributed by atoms with E-state index in [4.69, 9.17) is 21.9 Å². The third-order valence-corrected chi connectivity index (χ3v) is 6.20. The van der Waals surface area contributed by atoms with E-state index in [9.17, 15) is 5.11 Å². The molecule has 0 bridgehead atoms. The summed E-state index contributed by atoms with van der Waals surface area (Å²) in [6.07, 6.45) is 3.85. The number of ether oxygens (including phenoxy) is 1. The summed E-state index contributed by atoms with van der Waals surface area (Å²) < 4.78 is 6.82. The molecule has 26 heavy (non-hydrogen) atoms. The number of thiocarbonyl (C=S) groups is 1. The maximum absolute atomic E-state index is 9.93. The molecule has 1 aliphatic heterocycles. The lowest BCUT2D eigenvalue weighted by Gasteiger charge is -2.41. The Morgan fingerprint density at radius 2 is 1.96 bits per heavy atom. The Morgan fingerprint density at radius 3 is 2.50 bits per heavy atom. The summed E-state index contributed by atoms with van der Waals surface area (Å²) in [7, 11) is 3.38. The Labute approximate surface area is 171 Å². The van der Waals surface area contributed by atoms with Crippen molar-refractivity contribution < 1.29 is 9.84 Å². The Bertz CT molecular complexity index is 745. The monoisotopic (exact) mass is 434 g/mol. The number of aliphatic hydroxyl groups is 1. The van der Waals surface area contributed by atoms with Gasteiger partial charge < -0.3 is 15.2 Å². The van der Waals surface area contributed by atoms with Crippen LogP contribution in [0, 0.1) is 12.8 Å². The molecule has 2 N–H and O–H groups in total. The Hall–Kier alpha value is -0.690. The van der Waals surface area contributed by atoms with Gasteiger partial charge in [-0.25, -0.2) is 0 Å². The first-order valence-corrected chi connectivity index (χ1v) is 10.4.